The fourth-order valence-corrected chi connectivity index (χ4v) is 4.85. The second-order valence-electron chi connectivity index (χ2n) is 6.82. The van der Waals surface area contributed by atoms with Crippen LogP contribution in [-0.4, -0.2) is 10.1 Å². The highest BCUT2D eigenvalue weighted by Gasteiger charge is 2.49. The summed E-state index contributed by atoms with van der Waals surface area (Å²) in [6.45, 7) is 2.13. The van der Waals surface area contributed by atoms with Gasteiger partial charge >= 0.3 is 0 Å². The van der Waals surface area contributed by atoms with Gasteiger partial charge in [-0.2, -0.15) is 5.26 Å². The van der Waals surface area contributed by atoms with E-state index in [1.807, 2.05) is 41.8 Å². The van der Waals surface area contributed by atoms with Gasteiger partial charge in [-0.05, 0) is 35.2 Å². The van der Waals surface area contributed by atoms with E-state index in [1.165, 1.54) is 16.9 Å². The highest BCUT2D eigenvalue weighted by molar-refractivity contribution is 7.09. The largest absolute Gasteiger partial charge is 0.385 e. The Kier molecular flexibility index (Phi) is 3.91. The Balaban J connectivity index is 1.88. The molecule has 1 heterocycles. The number of nitrogens with zero attached hydrogens (tertiary/aromatic N) is 2. The van der Waals surface area contributed by atoms with Crippen molar-refractivity contribution in [3.63, 3.8) is 0 Å². The predicted octanol–water partition coefficient (Wildman–Crippen LogP) is 4.44. The topological polar surface area (TPSA) is 56.9 Å². The van der Waals surface area contributed by atoms with Crippen LogP contribution < -0.4 is 0 Å². The van der Waals surface area contributed by atoms with Crippen LogP contribution in [0.2, 0.25) is 0 Å². The van der Waals surface area contributed by atoms with Crippen LogP contribution in [-0.2, 0) is 6.42 Å². The number of aromatic nitrogens is 1. The van der Waals surface area contributed by atoms with E-state index in [2.05, 4.69) is 30.1 Å². The average molecular weight is 346 g/mol. The first-order valence-corrected chi connectivity index (χ1v) is 9.17. The van der Waals surface area contributed by atoms with Crippen LogP contribution >= 0.6 is 11.3 Å². The van der Waals surface area contributed by atoms with E-state index in [0.717, 1.165) is 22.6 Å². The molecule has 0 fully saturated rings. The molecule has 0 radical (unpaired) electrons. The van der Waals surface area contributed by atoms with E-state index in [0.29, 0.717) is 5.56 Å². The first-order chi connectivity index (χ1) is 12.1. The Hall–Kier alpha value is -2.48. The van der Waals surface area contributed by atoms with Crippen LogP contribution in [0.1, 0.15) is 46.2 Å². The van der Waals surface area contributed by atoms with Gasteiger partial charge < -0.3 is 5.11 Å². The molecule has 0 aliphatic heterocycles. The van der Waals surface area contributed by atoms with Crippen molar-refractivity contribution >= 4 is 11.3 Å². The van der Waals surface area contributed by atoms with E-state index in [1.54, 1.807) is 6.20 Å². The third-order valence-corrected chi connectivity index (χ3v) is 6.09. The van der Waals surface area contributed by atoms with Crippen molar-refractivity contribution in [2.75, 3.05) is 0 Å². The van der Waals surface area contributed by atoms with Gasteiger partial charge in [-0.1, -0.05) is 43.3 Å². The first kappa shape index (κ1) is 16.0. The van der Waals surface area contributed by atoms with Crippen molar-refractivity contribution in [1.29, 1.82) is 5.26 Å². The maximum Gasteiger partial charge on any atom is 0.122 e. The quantitative estimate of drug-likeness (QED) is 0.762. The molecule has 3 atom stereocenters. The van der Waals surface area contributed by atoms with Crippen LogP contribution in [0.3, 0.4) is 0 Å². The lowest BCUT2D eigenvalue weighted by Crippen LogP contribution is -2.31. The summed E-state index contributed by atoms with van der Waals surface area (Å²) in [6.07, 6.45) is 1.84. The maximum absolute atomic E-state index is 11.2. The summed E-state index contributed by atoms with van der Waals surface area (Å²) >= 11 is 1.49. The Bertz CT molecular complexity index is 930. The van der Waals surface area contributed by atoms with Crippen LogP contribution in [0, 0.1) is 16.7 Å². The zero-order valence-corrected chi connectivity index (χ0v) is 14.7. The Morgan fingerprint density at radius 3 is 2.76 bits per heavy atom. The SMILES string of the molecule is CC1([C@@H](O)c2nccs2)Cc2ccc(C#N)cc2C1c1ccccc1. The summed E-state index contributed by atoms with van der Waals surface area (Å²) < 4.78 is 0. The maximum atomic E-state index is 11.2. The molecule has 124 valence electrons. The van der Waals surface area contributed by atoms with E-state index >= 15 is 0 Å². The zero-order valence-electron chi connectivity index (χ0n) is 13.9. The summed E-state index contributed by atoms with van der Waals surface area (Å²) in [6, 6.07) is 18.4. The number of thiazole rings is 1. The third-order valence-electron chi connectivity index (χ3n) is 5.26. The lowest BCUT2D eigenvalue weighted by Gasteiger charge is -2.36. The molecule has 1 aliphatic carbocycles. The third kappa shape index (κ3) is 2.57. The number of aliphatic hydroxyl groups is 1. The monoisotopic (exact) mass is 346 g/mol. The predicted molar refractivity (Wildman–Crippen MR) is 98.3 cm³/mol. The van der Waals surface area contributed by atoms with Gasteiger partial charge in [0, 0.05) is 22.9 Å². The van der Waals surface area contributed by atoms with Gasteiger partial charge in [-0.15, -0.1) is 11.3 Å². The molecule has 1 N–H and O–H groups in total. The molecular formula is C21H18N2OS. The standard InChI is InChI=1S/C21H18N2OS/c1-21(19(24)20-23-9-10-25-20)12-16-8-7-14(13-22)11-17(16)18(21)15-5-3-2-4-6-15/h2-11,18-19,24H,12H2,1H3/t18?,19-,21?/m0/s1. The second-order valence-corrected chi connectivity index (χ2v) is 7.75. The number of aliphatic hydroxyl groups excluding tert-OH is 1. The first-order valence-electron chi connectivity index (χ1n) is 8.29. The molecule has 3 nitrogen and oxygen atoms in total. The van der Waals surface area contributed by atoms with Crippen LogP contribution in [0.5, 0.6) is 0 Å². The molecule has 0 spiro atoms. The molecule has 2 unspecified atom stereocenters. The zero-order chi connectivity index (χ0) is 17.4. The van der Waals surface area contributed by atoms with Gasteiger partial charge in [0.1, 0.15) is 11.1 Å². The molecule has 4 heteroatoms. The van der Waals surface area contributed by atoms with Crippen LogP contribution in [0.15, 0.2) is 60.1 Å². The Labute approximate surface area is 151 Å². The Morgan fingerprint density at radius 2 is 2.08 bits per heavy atom. The normalized spacial score (nSPS) is 23.0. The number of hydrogen-bond acceptors (Lipinski definition) is 4. The number of hydrogen-bond donors (Lipinski definition) is 1. The molecule has 4 rings (SSSR count). The van der Waals surface area contributed by atoms with E-state index in [-0.39, 0.29) is 5.92 Å². The highest BCUT2D eigenvalue weighted by atomic mass is 32.1. The van der Waals surface area contributed by atoms with Crippen molar-refractivity contribution in [1.82, 2.24) is 4.98 Å². The molecule has 0 amide bonds. The smallest absolute Gasteiger partial charge is 0.122 e. The summed E-state index contributed by atoms with van der Waals surface area (Å²) in [7, 11) is 0. The van der Waals surface area contributed by atoms with Gasteiger partial charge in [0.05, 0.1) is 11.6 Å². The van der Waals surface area contributed by atoms with Gasteiger partial charge in [0.15, 0.2) is 0 Å². The minimum atomic E-state index is -0.657. The summed E-state index contributed by atoms with van der Waals surface area (Å²) in [4.78, 5) is 4.35. The van der Waals surface area contributed by atoms with Crippen molar-refractivity contribution in [2.24, 2.45) is 5.41 Å². The summed E-state index contributed by atoms with van der Waals surface area (Å²) in [5, 5.41) is 23.1. The number of fused-ring (bicyclic) bond motifs is 1. The van der Waals surface area contributed by atoms with Gasteiger partial charge in [0.2, 0.25) is 0 Å². The molecule has 0 saturated carbocycles. The molecule has 25 heavy (non-hydrogen) atoms. The molecular weight excluding hydrogens is 328 g/mol. The van der Waals surface area contributed by atoms with Crippen molar-refractivity contribution < 1.29 is 5.11 Å². The minimum Gasteiger partial charge on any atom is -0.385 e. The average Bonchev–Trinajstić information content (AvgIpc) is 3.27. The van der Waals surface area contributed by atoms with Gasteiger partial charge in [0.25, 0.3) is 0 Å². The number of benzene rings is 2. The summed E-state index contributed by atoms with van der Waals surface area (Å²) in [5.41, 5.74) is 3.76. The van der Waals surface area contributed by atoms with Crippen molar-refractivity contribution in [2.45, 2.75) is 25.4 Å². The Morgan fingerprint density at radius 1 is 1.28 bits per heavy atom. The fraction of sp³-hybridized carbons (Fsp3) is 0.238. The molecule has 0 saturated heterocycles. The molecule has 2 aromatic carbocycles. The molecule has 1 aromatic heterocycles. The highest BCUT2D eigenvalue weighted by Crippen LogP contribution is 2.56. The van der Waals surface area contributed by atoms with Gasteiger partial charge in [-0.25, -0.2) is 4.98 Å². The van der Waals surface area contributed by atoms with Crippen molar-refractivity contribution in [3.05, 3.63) is 87.4 Å². The van der Waals surface area contributed by atoms with E-state index < -0.39 is 11.5 Å². The van der Waals surface area contributed by atoms with E-state index in [9.17, 15) is 10.4 Å². The van der Waals surface area contributed by atoms with E-state index in [4.69, 9.17) is 0 Å². The van der Waals surface area contributed by atoms with Gasteiger partial charge in [-0.3, -0.25) is 0 Å². The summed E-state index contributed by atoms with van der Waals surface area (Å²) in [5.74, 6) is 0.0240. The lowest BCUT2D eigenvalue weighted by molar-refractivity contribution is 0.0316. The molecule has 0 bridgehead atoms. The fourth-order valence-electron chi connectivity index (χ4n) is 4.07. The second kappa shape index (κ2) is 6.11. The van der Waals surface area contributed by atoms with Crippen molar-refractivity contribution in [3.8, 4) is 6.07 Å². The van der Waals surface area contributed by atoms with Crippen LogP contribution in [0.4, 0.5) is 0 Å². The number of rotatable bonds is 3. The lowest BCUT2D eigenvalue weighted by atomic mass is 9.70. The van der Waals surface area contributed by atoms with Crippen LogP contribution in [0.25, 0.3) is 0 Å². The molecule has 1 aliphatic rings. The molecule has 3 aromatic rings. The number of nitriles is 1. The minimum absolute atomic E-state index is 0.0240.